The van der Waals surface area contributed by atoms with E-state index in [0.29, 0.717) is 11.7 Å². The summed E-state index contributed by atoms with van der Waals surface area (Å²) in [4.78, 5) is 14.8. The number of hydrogen-bond acceptors (Lipinski definition) is 2. The predicted molar refractivity (Wildman–Crippen MR) is 66.4 cm³/mol. The molecule has 0 amide bonds. The van der Waals surface area contributed by atoms with Crippen LogP contribution in [0.2, 0.25) is 0 Å². The van der Waals surface area contributed by atoms with E-state index in [0.717, 1.165) is 19.4 Å². The van der Waals surface area contributed by atoms with E-state index in [4.69, 9.17) is 0 Å². The van der Waals surface area contributed by atoms with Crippen LogP contribution in [0.25, 0.3) is 0 Å². The Balaban J connectivity index is 1.90. The van der Waals surface area contributed by atoms with Crippen LogP contribution >= 0.6 is 0 Å². The van der Waals surface area contributed by atoms with Crippen molar-refractivity contribution in [3.8, 4) is 0 Å². The van der Waals surface area contributed by atoms with Gasteiger partial charge in [-0.3, -0.25) is 4.79 Å². The van der Waals surface area contributed by atoms with Gasteiger partial charge in [0.2, 0.25) is 0 Å². The maximum absolute atomic E-state index is 12.3. The molecule has 1 saturated heterocycles. The first-order valence-corrected chi connectivity index (χ1v) is 6.86. The van der Waals surface area contributed by atoms with Crippen LogP contribution in [0.3, 0.4) is 0 Å². The monoisotopic (exact) mass is 223 g/mol. The number of piperidine rings is 1. The van der Waals surface area contributed by atoms with E-state index in [1.807, 2.05) is 0 Å². The molecule has 16 heavy (non-hydrogen) atoms. The molecule has 0 aromatic carbocycles. The minimum absolute atomic E-state index is 0.0568. The lowest BCUT2D eigenvalue weighted by molar-refractivity contribution is -0.135. The predicted octanol–water partition coefficient (Wildman–Crippen LogP) is 2.87. The number of Topliss-reactive ketones (excluding diaryl/α,β-unsaturated/α-hetero) is 1. The van der Waals surface area contributed by atoms with Gasteiger partial charge in [-0.2, -0.15) is 0 Å². The molecule has 0 bridgehead atoms. The van der Waals surface area contributed by atoms with Crippen LogP contribution in [-0.4, -0.2) is 30.3 Å². The molecule has 2 aliphatic rings. The molecule has 1 heterocycles. The summed E-state index contributed by atoms with van der Waals surface area (Å²) in [6.07, 6.45) is 7.47. The van der Waals surface area contributed by atoms with E-state index in [-0.39, 0.29) is 5.41 Å². The maximum atomic E-state index is 12.3. The van der Waals surface area contributed by atoms with Crippen molar-refractivity contribution < 1.29 is 4.79 Å². The first kappa shape index (κ1) is 12.1. The van der Waals surface area contributed by atoms with Gasteiger partial charge in [-0.05, 0) is 38.8 Å². The SMILES string of the molecule is CC1(C)CCCC(CN2CCCCC2)C1=O. The molecule has 2 rings (SSSR count). The molecule has 1 saturated carbocycles. The first-order chi connectivity index (χ1) is 7.59. The van der Waals surface area contributed by atoms with Gasteiger partial charge in [0.1, 0.15) is 5.78 Å². The molecule has 0 aromatic rings. The van der Waals surface area contributed by atoms with Crippen LogP contribution in [-0.2, 0) is 4.79 Å². The molecule has 1 aliphatic heterocycles. The minimum Gasteiger partial charge on any atom is -0.303 e. The van der Waals surface area contributed by atoms with Gasteiger partial charge in [0.05, 0.1) is 0 Å². The van der Waals surface area contributed by atoms with E-state index in [1.165, 1.54) is 38.8 Å². The summed E-state index contributed by atoms with van der Waals surface area (Å²) < 4.78 is 0. The third-order valence-electron chi connectivity index (χ3n) is 4.32. The van der Waals surface area contributed by atoms with Crippen molar-refractivity contribution in [2.75, 3.05) is 19.6 Å². The number of hydrogen-bond donors (Lipinski definition) is 0. The van der Waals surface area contributed by atoms with Crippen LogP contribution in [0.4, 0.5) is 0 Å². The number of rotatable bonds is 2. The Bertz CT molecular complexity index is 253. The Labute approximate surface area is 99.4 Å². The Morgan fingerprint density at radius 2 is 1.88 bits per heavy atom. The molecule has 0 aromatic heterocycles. The summed E-state index contributed by atoms with van der Waals surface area (Å²) in [6.45, 7) is 7.70. The summed E-state index contributed by atoms with van der Waals surface area (Å²) in [5, 5.41) is 0. The van der Waals surface area contributed by atoms with Crippen molar-refractivity contribution in [3.05, 3.63) is 0 Å². The molecule has 1 aliphatic carbocycles. The lowest BCUT2D eigenvalue weighted by atomic mass is 9.71. The molecule has 0 radical (unpaired) electrons. The van der Waals surface area contributed by atoms with Gasteiger partial charge in [0.15, 0.2) is 0 Å². The van der Waals surface area contributed by atoms with E-state index in [1.54, 1.807) is 0 Å². The highest BCUT2D eigenvalue weighted by Crippen LogP contribution is 2.35. The molecule has 0 N–H and O–H groups in total. The fourth-order valence-corrected chi connectivity index (χ4v) is 3.23. The fourth-order valence-electron chi connectivity index (χ4n) is 3.23. The van der Waals surface area contributed by atoms with Crippen molar-refractivity contribution in [2.45, 2.75) is 52.4 Å². The number of ketones is 1. The highest BCUT2D eigenvalue weighted by atomic mass is 16.1. The molecule has 1 unspecified atom stereocenters. The minimum atomic E-state index is -0.0568. The number of nitrogens with zero attached hydrogens (tertiary/aromatic N) is 1. The van der Waals surface area contributed by atoms with E-state index >= 15 is 0 Å². The van der Waals surface area contributed by atoms with Crippen molar-refractivity contribution in [1.82, 2.24) is 4.90 Å². The van der Waals surface area contributed by atoms with Gasteiger partial charge >= 0.3 is 0 Å². The lowest BCUT2D eigenvalue weighted by Gasteiger charge is -2.37. The normalized spacial score (nSPS) is 31.6. The highest BCUT2D eigenvalue weighted by molar-refractivity contribution is 5.87. The maximum Gasteiger partial charge on any atom is 0.142 e. The lowest BCUT2D eigenvalue weighted by Crippen LogP contribution is -2.43. The van der Waals surface area contributed by atoms with E-state index < -0.39 is 0 Å². The molecule has 92 valence electrons. The Hall–Kier alpha value is -0.370. The van der Waals surface area contributed by atoms with Crippen LogP contribution in [0.15, 0.2) is 0 Å². The highest BCUT2D eigenvalue weighted by Gasteiger charge is 2.37. The molecule has 2 fully saturated rings. The summed E-state index contributed by atoms with van der Waals surface area (Å²) in [7, 11) is 0. The molecule has 2 nitrogen and oxygen atoms in total. The smallest absolute Gasteiger partial charge is 0.142 e. The standard InChI is InChI=1S/C14H25NO/c1-14(2)8-6-7-12(13(14)16)11-15-9-4-3-5-10-15/h12H,3-11H2,1-2H3. The quantitative estimate of drug-likeness (QED) is 0.717. The van der Waals surface area contributed by atoms with Crippen molar-refractivity contribution in [1.29, 1.82) is 0 Å². The van der Waals surface area contributed by atoms with E-state index in [9.17, 15) is 4.79 Å². The van der Waals surface area contributed by atoms with E-state index in [2.05, 4.69) is 18.7 Å². The zero-order valence-corrected chi connectivity index (χ0v) is 10.8. The third-order valence-corrected chi connectivity index (χ3v) is 4.32. The molecular weight excluding hydrogens is 198 g/mol. The summed E-state index contributed by atoms with van der Waals surface area (Å²) in [5.41, 5.74) is -0.0568. The topological polar surface area (TPSA) is 20.3 Å². The molecule has 0 spiro atoms. The summed E-state index contributed by atoms with van der Waals surface area (Å²) >= 11 is 0. The second-order valence-corrected chi connectivity index (χ2v) is 6.20. The van der Waals surface area contributed by atoms with Crippen LogP contribution < -0.4 is 0 Å². The van der Waals surface area contributed by atoms with Gasteiger partial charge in [-0.1, -0.05) is 26.7 Å². The van der Waals surface area contributed by atoms with Gasteiger partial charge in [0, 0.05) is 17.9 Å². The number of likely N-dealkylation sites (tertiary alicyclic amines) is 1. The molecule has 2 heteroatoms. The zero-order valence-electron chi connectivity index (χ0n) is 10.8. The van der Waals surface area contributed by atoms with Crippen LogP contribution in [0, 0.1) is 11.3 Å². The summed E-state index contributed by atoms with van der Waals surface area (Å²) in [6, 6.07) is 0. The number of carbonyl (C=O) groups is 1. The largest absolute Gasteiger partial charge is 0.303 e. The summed E-state index contributed by atoms with van der Waals surface area (Å²) in [5.74, 6) is 0.839. The van der Waals surface area contributed by atoms with Gasteiger partial charge in [-0.25, -0.2) is 0 Å². The van der Waals surface area contributed by atoms with Crippen LogP contribution in [0.1, 0.15) is 52.4 Å². The molecular formula is C14H25NO. The zero-order chi connectivity index (χ0) is 11.6. The Morgan fingerprint density at radius 1 is 1.19 bits per heavy atom. The van der Waals surface area contributed by atoms with Gasteiger partial charge < -0.3 is 4.90 Å². The second-order valence-electron chi connectivity index (χ2n) is 6.20. The van der Waals surface area contributed by atoms with Gasteiger partial charge in [-0.15, -0.1) is 0 Å². The Kier molecular flexibility index (Phi) is 3.68. The fraction of sp³-hybridized carbons (Fsp3) is 0.929. The Morgan fingerprint density at radius 3 is 2.56 bits per heavy atom. The van der Waals surface area contributed by atoms with Crippen molar-refractivity contribution >= 4 is 5.78 Å². The average Bonchev–Trinajstić information content (AvgIpc) is 2.26. The van der Waals surface area contributed by atoms with Crippen molar-refractivity contribution in [2.24, 2.45) is 11.3 Å². The molecule has 1 atom stereocenters. The van der Waals surface area contributed by atoms with Gasteiger partial charge in [0.25, 0.3) is 0 Å². The number of carbonyl (C=O) groups excluding carboxylic acids is 1. The first-order valence-electron chi connectivity index (χ1n) is 6.86. The average molecular weight is 223 g/mol. The van der Waals surface area contributed by atoms with Crippen LogP contribution in [0.5, 0.6) is 0 Å². The van der Waals surface area contributed by atoms with Crippen molar-refractivity contribution in [3.63, 3.8) is 0 Å². The third kappa shape index (κ3) is 2.65. The second kappa shape index (κ2) is 4.87.